The van der Waals surface area contributed by atoms with Crippen molar-refractivity contribution in [2.24, 2.45) is 0 Å². The first kappa shape index (κ1) is 16.8. The maximum Gasteiger partial charge on any atom is 0.273 e. The zero-order valence-corrected chi connectivity index (χ0v) is 15.3. The van der Waals surface area contributed by atoms with Crippen LogP contribution in [-0.4, -0.2) is 26.2 Å². The second-order valence-corrected chi connectivity index (χ2v) is 7.44. The Morgan fingerprint density at radius 2 is 2.07 bits per heavy atom. The highest BCUT2D eigenvalue weighted by molar-refractivity contribution is 7.14. The predicted molar refractivity (Wildman–Crippen MR) is 102 cm³/mol. The van der Waals surface area contributed by atoms with E-state index in [9.17, 15) is 9.18 Å². The van der Waals surface area contributed by atoms with E-state index in [4.69, 9.17) is 4.52 Å². The number of hydrogen-bond donors (Lipinski definition) is 2. The number of thiophene rings is 1. The fraction of sp³-hybridized carbons (Fsp3) is 0.158. The SMILES string of the molecule is O=C(Nc1ccsc1-c1nc(C2CC2)no1)c1cc(-c2ccc(F)cc2)n[nH]1. The Labute approximate surface area is 162 Å². The first-order valence-electron chi connectivity index (χ1n) is 8.71. The lowest BCUT2D eigenvalue weighted by Crippen LogP contribution is -2.12. The first-order valence-corrected chi connectivity index (χ1v) is 9.59. The van der Waals surface area contributed by atoms with Crippen LogP contribution in [-0.2, 0) is 0 Å². The van der Waals surface area contributed by atoms with Gasteiger partial charge in [0.15, 0.2) is 5.82 Å². The van der Waals surface area contributed by atoms with E-state index in [1.807, 2.05) is 5.38 Å². The lowest BCUT2D eigenvalue weighted by Gasteiger charge is -2.02. The van der Waals surface area contributed by atoms with Crippen molar-refractivity contribution >= 4 is 22.9 Å². The molecule has 1 fully saturated rings. The highest BCUT2D eigenvalue weighted by Gasteiger charge is 2.29. The van der Waals surface area contributed by atoms with Gasteiger partial charge in [0.2, 0.25) is 0 Å². The van der Waals surface area contributed by atoms with E-state index in [0.29, 0.717) is 39.3 Å². The molecule has 1 aliphatic carbocycles. The van der Waals surface area contributed by atoms with Crippen molar-refractivity contribution in [1.82, 2.24) is 20.3 Å². The molecule has 0 aliphatic heterocycles. The second kappa shape index (κ2) is 6.68. The average Bonchev–Trinajstić information content (AvgIpc) is 3.12. The predicted octanol–water partition coefficient (Wildman–Crippen LogP) is 4.46. The van der Waals surface area contributed by atoms with Crippen molar-refractivity contribution < 1.29 is 13.7 Å². The monoisotopic (exact) mass is 395 g/mol. The maximum atomic E-state index is 13.1. The van der Waals surface area contributed by atoms with Gasteiger partial charge in [0.05, 0.1) is 11.4 Å². The molecule has 28 heavy (non-hydrogen) atoms. The van der Waals surface area contributed by atoms with Gasteiger partial charge in [-0.05, 0) is 54.6 Å². The van der Waals surface area contributed by atoms with Gasteiger partial charge >= 0.3 is 0 Å². The summed E-state index contributed by atoms with van der Waals surface area (Å²) in [6.07, 6.45) is 2.17. The normalized spacial score (nSPS) is 13.6. The summed E-state index contributed by atoms with van der Waals surface area (Å²) < 4.78 is 18.4. The van der Waals surface area contributed by atoms with Crippen molar-refractivity contribution in [2.75, 3.05) is 5.32 Å². The fourth-order valence-corrected chi connectivity index (χ4v) is 3.57. The molecule has 0 radical (unpaired) electrons. The molecule has 0 atom stereocenters. The Balaban J connectivity index is 1.35. The summed E-state index contributed by atoms with van der Waals surface area (Å²) >= 11 is 1.42. The number of aromatic amines is 1. The Morgan fingerprint density at radius 3 is 2.86 bits per heavy atom. The lowest BCUT2D eigenvalue weighted by atomic mass is 10.1. The van der Waals surface area contributed by atoms with E-state index in [2.05, 4.69) is 25.7 Å². The minimum absolute atomic E-state index is 0.292. The number of nitrogens with one attached hydrogen (secondary N) is 2. The zero-order valence-electron chi connectivity index (χ0n) is 14.5. The highest BCUT2D eigenvalue weighted by atomic mass is 32.1. The molecule has 5 rings (SSSR count). The van der Waals surface area contributed by atoms with Gasteiger partial charge in [0, 0.05) is 11.5 Å². The third kappa shape index (κ3) is 3.20. The van der Waals surface area contributed by atoms with Gasteiger partial charge in [-0.15, -0.1) is 11.3 Å². The molecule has 1 aliphatic rings. The van der Waals surface area contributed by atoms with Crippen LogP contribution in [0.25, 0.3) is 22.0 Å². The number of carbonyl (C=O) groups is 1. The van der Waals surface area contributed by atoms with Gasteiger partial charge in [0.25, 0.3) is 11.8 Å². The Hall–Kier alpha value is -3.33. The largest absolute Gasteiger partial charge is 0.333 e. The molecule has 3 heterocycles. The molecule has 1 saturated carbocycles. The molecule has 0 spiro atoms. The minimum atomic E-state index is -0.345. The highest BCUT2D eigenvalue weighted by Crippen LogP contribution is 2.40. The number of H-pyrrole nitrogens is 1. The van der Waals surface area contributed by atoms with Crippen LogP contribution in [0, 0.1) is 5.82 Å². The van der Waals surface area contributed by atoms with Crippen molar-refractivity contribution in [3.05, 3.63) is 59.1 Å². The van der Waals surface area contributed by atoms with Crippen molar-refractivity contribution in [2.45, 2.75) is 18.8 Å². The molecular formula is C19H14FN5O2S. The number of hydrogen-bond acceptors (Lipinski definition) is 6. The molecule has 1 amide bonds. The molecule has 2 N–H and O–H groups in total. The van der Waals surface area contributed by atoms with E-state index in [0.717, 1.165) is 18.7 Å². The van der Waals surface area contributed by atoms with Gasteiger partial charge in [-0.3, -0.25) is 9.89 Å². The number of aromatic nitrogens is 4. The third-order valence-electron chi connectivity index (χ3n) is 4.45. The van der Waals surface area contributed by atoms with E-state index < -0.39 is 0 Å². The number of benzene rings is 1. The molecular weight excluding hydrogens is 381 g/mol. The van der Waals surface area contributed by atoms with Crippen LogP contribution in [0.15, 0.2) is 46.3 Å². The van der Waals surface area contributed by atoms with E-state index in [1.54, 1.807) is 24.3 Å². The summed E-state index contributed by atoms with van der Waals surface area (Å²) in [6.45, 7) is 0. The standard InChI is InChI=1S/C19H14FN5O2S/c20-12-5-3-10(4-6-12)14-9-15(24-23-14)18(26)21-13-7-8-28-16(13)19-22-17(25-27-19)11-1-2-11/h3-9,11H,1-2H2,(H,21,26)(H,23,24). The second-order valence-electron chi connectivity index (χ2n) is 6.52. The van der Waals surface area contributed by atoms with Crippen LogP contribution in [0.5, 0.6) is 0 Å². The first-order chi connectivity index (χ1) is 13.7. The number of halogens is 1. The van der Waals surface area contributed by atoms with Crippen LogP contribution in [0.4, 0.5) is 10.1 Å². The molecule has 0 saturated heterocycles. The summed E-state index contributed by atoms with van der Waals surface area (Å²) in [5.41, 5.74) is 2.16. The Kier molecular flexibility index (Phi) is 4.01. The summed E-state index contributed by atoms with van der Waals surface area (Å²) in [5, 5.41) is 15.6. The molecule has 4 aromatic rings. The summed E-state index contributed by atoms with van der Waals surface area (Å²) in [7, 11) is 0. The molecule has 140 valence electrons. The van der Waals surface area contributed by atoms with Gasteiger partial charge < -0.3 is 9.84 Å². The van der Waals surface area contributed by atoms with Gasteiger partial charge in [-0.1, -0.05) is 5.16 Å². The number of nitrogens with zero attached hydrogens (tertiary/aromatic N) is 3. The quantitative estimate of drug-likeness (QED) is 0.520. The van der Waals surface area contributed by atoms with Gasteiger partial charge in [-0.25, -0.2) is 4.39 Å². The Morgan fingerprint density at radius 1 is 1.25 bits per heavy atom. The molecule has 0 unspecified atom stereocenters. The van der Waals surface area contributed by atoms with Crippen LogP contribution < -0.4 is 5.32 Å². The van der Waals surface area contributed by atoms with Crippen LogP contribution in [0.2, 0.25) is 0 Å². The minimum Gasteiger partial charge on any atom is -0.333 e. The Bertz CT molecular complexity index is 1140. The summed E-state index contributed by atoms with van der Waals surface area (Å²) in [6, 6.07) is 9.32. The van der Waals surface area contributed by atoms with E-state index in [1.165, 1.54) is 23.5 Å². The van der Waals surface area contributed by atoms with Crippen molar-refractivity contribution in [3.63, 3.8) is 0 Å². The molecule has 0 bridgehead atoms. The van der Waals surface area contributed by atoms with E-state index in [-0.39, 0.29) is 11.7 Å². The topological polar surface area (TPSA) is 96.7 Å². The van der Waals surface area contributed by atoms with Crippen molar-refractivity contribution in [1.29, 1.82) is 0 Å². The summed E-state index contributed by atoms with van der Waals surface area (Å²) in [4.78, 5) is 17.8. The van der Waals surface area contributed by atoms with Crippen LogP contribution >= 0.6 is 11.3 Å². The molecule has 9 heteroatoms. The van der Waals surface area contributed by atoms with Crippen LogP contribution in [0.3, 0.4) is 0 Å². The van der Waals surface area contributed by atoms with Crippen molar-refractivity contribution in [3.8, 4) is 22.0 Å². The third-order valence-corrected chi connectivity index (χ3v) is 5.36. The number of carbonyl (C=O) groups excluding carboxylic acids is 1. The maximum absolute atomic E-state index is 13.1. The fourth-order valence-electron chi connectivity index (χ4n) is 2.80. The van der Waals surface area contributed by atoms with E-state index >= 15 is 0 Å². The number of rotatable bonds is 5. The molecule has 7 nitrogen and oxygen atoms in total. The summed E-state index contributed by atoms with van der Waals surface area (Å²) in [5.74, 6) is 0.850. The van der Waals surface area contributed by atoms with Gasteiger partial charge in [-0.2, -0.15) is 10.1 Å². The zero-order chi connectivity index (χ0) is 19.1. The average molecular weight is 395 g/mol. The smallest absolute Gasteiger partial charge is 0.273 e. The number of amides is 1. The lowest BCUT2D eigenvalue weighted by molar-refractivity contribution is 0.102. The number of anilines is 1. The van der Waals surface area contributed by atoms with Crippen LogP contribution in [0.1, 0.15) is 35.1 Å². The molecule has 3 aromatic heterocycles. The molecule has 1 aromatic carbocycles. The van der Waals surface area contributed by atoms with Gasteiger partial charge in [0.1, 0.15) is 16.4 Å².